The van der Waals surface area contributed by atoms with Gasteiger partial charge in [-0.25, -0.2) is 8.78 Å². The molecule has 0 unspecified atom stereocenters. The fraction of sp³-hybridized carbons (Fsp3) is 0.250. The van der Waals surface area contributed by atoms with E-state index in [0.29, 0.717) is 0 Å². The van der Waals surface area contributed by atoms with Gasteiger partial charge in [-0.2, -0.15) is 13.2 Å². The molecule has 78 valence electrons. The van der Waals surface area contributed by atoms with Gasteiger partial charge < -0.3 is 0 Å². The molecule has 0 heterocycles. The summed E-state index contributed by atoms with van der Waals surface area (Å²) in [7, 11) is 0. The van der Waals surface area contributed by atoms with E-state index in [0.717, 1.165) is 17.4 Å². The Morgan fingerprint density at radius 3 is 1.86 bits per heavy atom. The third kappa shape index (κ3) is 2.58. The van der Waals surface area contributed by atoms with Crippen LogP contribution in [0.15, 0.2) is 12.1 Å². The molecule has 0 saturated heterocycles. The van der Waals surface area contributed by atoms with E-state index < -0.39 is 23.6 Å². The normalized spacial score (nSPS) is 11.6. The monoisotopic (exact) mass is 211 g/mol. The minimum Gasteiger partial charge on any atom is -0.292 e. The molecule has 1 aromatic rings. The quantitative estimate of drug-likeness (QED) is 0.555. The molecule has 0 radical (unpaired) electrons. The fourth-order valence-electron chi connectivity index (χ4n) is 0.961. The predicted octanol–water partition coefficient (Wildman–Crippen LogP) is 3.20. The number of benzene rings is 1. The van der Waals surface area contributed by atoms with Gasteiger partial charge in [0.05, 0.1) is 0 Å². The number of hydrogen-bond acceptors (Lipinski definition) is 1. The predicted molar refractivity (Wildman–Crippen MR) is 40.8 cm³/mol. The van der Waals surface area contributed by atoms with Crippen LogP contribution in [-0.2, 0) is 0 Å². The highest BCUT2D eigenvalue weighted by Gasteiger charge is 2.30. The molecule has 0 aromatic heterocycles. The zero-order chi connectivity index (χ0) is 10.9. The number of nitrogens with one attached hydrogen (secondary N) is 1. The first kappa shape index (κ1) is 10.7. The largest absolute Gasteiger partial charge is 0.482 e. The number of rotatable bonds is 1. The van der Waals surface area contributed by atoms with Crippen LogP contribution >= 0.6 is 0 Å². The van der Waals surface area contributed by atoms with Crippen molar-refractivity contribution in [3.05, 3.63) is 29.3 Å². The van der Waals surface area contributed by atoms with Crippen molar-refractivity contribution in [2.24, 2.45) is 0 Å². The van der Waals surface area contributed by atoms with Gasteiger partial charge >= 0.3 is 6.30 Å². The Hall–Kier alpha value is -1.33. The smallest absolute Gasteiger partial charge is 0.292 e. The zero-order valence-electron chi connectivity index (χ0n) is 7.04. The molecule has 0 amide bonds. The van der Waals surface area contributed by atoms with E-state index in [1.165, 1.54) is 6.92 Å². The summed E-state index contributed by atoms with van der Waals surface area (Å²) >= 11 is 0. The average Bonchev–Trinajstić information content (AvgIpc) is 1.95. The summed E-state index contributed by atoms with van der Waals surface area (Å²) in [6.45, 7) is 1.38. The van der Waals surface area contributed by atoms with E-state index in [9.17, 15) is 22.0 Å². The van der Waals surface area contributed by atoms with Gasteiger partial charge in [-0.1, -0.05) is 0 Å². The Morgan fingerprint density at radius 1 is 1.07 bits per heavy atom. The van der Waals surface area contributed by atoms with Crippen molar-refractivity contribution in [3.63, 3.8) is 0 Å². The van der Waals surface area contributed by atoms with Crippen LogP contribution in [0.2, 0.25) is 0 Å². The number of aryl methyl sites for hydroxylation is 1. The molecule has 0 aliphatic rings. The van der Waals surface area contributed by atoms with E-state index in [-0.39, 0.29) is 5.56 Å². The third-order valence-electron chi connectivity index (χ3n) is 1.45. The number of anilines is 1. The Bertz CT molecular complexity index is 321. The summed E-state index contributed by atoms with van der Waals surface area (Å²) in [5.41, 5.74) is -0.962. The Labute approximate surface area is 76.5 Å². The third-order valence-corrected chi connectivity index (χ3v) is 1.45. The lowest BCUT2D eigenvalue weighted by molar-refractivity contribution is -0.100. The molecule has 0 atom stereocenters. The molecule has 0 bridgehead atoms. The Morgan fingerprint density at radius 2 is 1.50 bits per heavy atom. The maximum Gasteiger partial charge on any atom is 0.482 e. The van der Waals surface area contributed by atoms with Gasteiger partial charge in [0.15, 0.2) is 0 Å². The molecule has 6 heteroatoms. The van der Waals surface area contributed by atoms with Crippen LogP contribution in [0, 0.1) is 18.6 Å². The molecule has 1 nitrogen and oxygen atoms in total. The first-order valence-corrected chi connectivity index (χ1v) is 3.60. The van der Waals surface area contributed by atoms with Gasteiger partial charge in [0.1, 0.15) is 17.3 Å². The van der Waals surface area contributed by atoms with Gasteiger partial charge in [-0.15, -0.1) is 0 Å². The molecule has 1 N–H and O–H groups in total. The van der Waals surface area contributed by atoms with Crippen molar-refractivity contribution in [1.29, 1.82) is 0 Å². The minimum absolute atomic E-state index is 0.215. The topological polar surface area (TPSA) is 12.0 Å². The lowest BCUT2D eigenvalue weighted by Crippen LogP contribution is -2.22. The van der Waals surface area contributed by atoms with Gasteiger partial charge in [0.25, 0.3) is 0 Å². The van der Waals surface area contributed by atoms with E-state index in [4.69, 9.17) is 0 Å². The molecule has 0 aliphatic heterocycles. The lowest BCUT2D eigenvalue weighted by Gasteiger charge is -2.11. The van der Waals surface area contributed by atoms with E-state index in [1.54, 1.807) is 0 Å². The van der Waals surface area contributed by atoms with Crippen LogP contribution in [0.1, 0.15) is 5.56 Å². The number of alkyl halides is 3. The molecular weight excluding hydrogens is 205 g/mol. The van der Waals surface area contributed by atoms with Crippen molar-refractivity contribution in [1.82, 2.24) is 0 Å². The summed E-state index contributed by atoms with van der Waals surface area (Å²) in [4.78, 5) is 0. The highest BCUT2D eigenvalue weighted by molar-refractivity contribution is 5.48. The molecule has 0 spiro atoms. The summed E-state index contributed by atoms with van der Waals surface area (Å²) < 4.78 is 61.0. The first-order valence-electron chi connectivity index (χ1n) is 3.60. The van der Waals surface area contributed by atoms with Crippen LogP contribution in [0.25, 0.3) is 0 Å². The average molecular weight is 211 g/mol. The van der Waals surface area contributed by atoms with Gasteiger partial charge in [0, 0.05) is 0 Å². The van der Waals surface area contributed by atoms with Crippen molar-refractivity contribution in [2.45, 2.75) is 13.2 Å². The van der Waals surface area contributed by atoms with Crippen molar-refractivity contribution in [2.75, 3.05) is 5.32 Å². The molecule has 1 rings (SSSR count). The standard InChI is InChI=1S/C8H6F5N/c1-4-2-5(9)7(6(10)3-4)14-8(11,12)13/h2-3,14H,1H3. The van der Waals surface area contributed by atoms with Gasteiger partial charge in [-0.3, -0.25) is 5.32 Å². The fourth-order valence-corrected chi connectivity index (χ4v) is 0.961. The SMILES string of the molecule is Cc1cc(F)c(NC(F)(F)F)c(F)c1. The summed E-state index contributed by atoms with van der Waals surface area (Å²) in [5.74, 6) is -2.53. The second-order valence-electron chi connectivity index (χ2n) is 2.73. The number of hydrogen-bond donors (Lipinski definition) is 1. The maximum atomic E-state index is 12.8. The molecular formula is C8H6F5N. The summed E-state index contributed by atoms with van der Waals surface area (Å²) in [5, 5.41) is 0.795. The second-order valence-corrected chi connectivity index (χ2v) is 2.73. The highest BCUT2D eigenvalue weighted by Crippen LogP contribution is 2.26. The molecule has 0 fully saturated rings. The molecule has 0 saturated carbocycles. The van der Waals surface area contributed by atoms with Crippen molar-refractivity contribution >= 4 is 5.69 Å². The summed E-state index contributed by atoms with van der Waals surface area (Å²) in [6, 6.07) is 1.63. The van der Waals surface area contributed by atoms with Crippen LogP contribution in [-0.4, -0.2) is 6.30 Å². The van der Waals surface area contributed by atoms with Crippen molar-refractivity contribution < 1.29 is 22.0 Å². The Kier molecular flexibility index (Phi) is 2.64. The Balaban J connectivity index is 3.09. The van der Waals surface area contributed by atoms with Gasteiger partial charge in [0.2, 0.25) is 0 Å². The van der Waals surface area contributed by atoms with E-state index in [1.807, 2.05) is 0 Å². The molecule has 14 heavy (non-hydrogen) atoms. The zero-order valence-corrected chi connectivity index (χ0v) is 7.04. The summed E-state index contributed by atoms with van der Waals surface area (Å²) in [6.07, 6.45) is -4.85. The van der Waals surface area contributed by atoms with E-state index in [2.05, 4.69) is 0 Å². The highest BCUT2D eigenvalue weighted by atomic mass is 19.4. The van der Waals surface area contributed by atoms with Crippen molar-refractivity contribution in [3.8, 4) is 0 Å². The maximum absolute atomic E-state index is 12.8. The molecule has 1 aromatic carbocycles. The van der Waals surface area contributed by atoms with E-state index >= 15 is 0 Å². The van der Waals surface area contributed by atoms with Crippen LogP contribution < -0.4 is 5.32 Å². The minimum atomic E-state index is -4.85. The van der Waals surface area contributed by atoms with Gasteiger partial charge in [-0.05, 0) is 24.6 Å². The van der Waals surface area contributed by atoms with Crippen LogP contribution in [0.5, 0.6) is 0 Å². The van der Waals surface area contributed by atoms with Crippen LogP contribution in [0.4, 0.5) is 27.6 Å². The first-order chi connectivity index (χ1) is 6.29. The second kappa shape index (κ2) is 3.43. The van der Waals surface area contributed by atoms with Crippen LogP contribution in [0.3, 0.4) is 0 Å². The molecule has 0 aliphatic carbocycles. The number of halogens is 5. The lowest BCUT2D eigenvalue weighted by atomic mass is 10.2.